The summed E-state index contributed by atoms with van der Waals surface area (Å²) in [5, 5.41) is 11.4. The number of nitrogens with zero attached hydrogens (tertiary/aromatic N) is 1. The van der Waals surface area contributed by atoms with Gasteiger partial charge >= 0.3 is 12.0 Å². The predicted octanol–water partition coefficient (Wildman–Crippen LogP) is 1.43. The fraction of sp³-hybridized carbons (Fsp3) is 0.500. The summed E-state index contributed by atoms with van der Waals surface area (Å²) in [7, 11) is 0. The maximum atomic E-state index is 11.9. The molecular weight excluding hydrogens is 236 g/mol. The number of carbonyl (C=O) groups excluding carboxylic acids is 1. The zero-order valence-corrected chi connectivity index (χ0v) is 9.96. The van der Waals surface area contributed by atoms with E-state index in [-0.39, 0.29) is 25.0 Å². The zero-order valence-electron chi connectivity index (χ0n) is 9.96. The van der Waals surface area contributed by atoms with Crippen molar-refractivity contribution in [1.82, 2.24) is 10.2 Å². The van der Waals surface area contributed by atoms with Crippen molar-refractivity contribution in [2.24, 2.45) is 0 Å². The molecule has 1 aliphatic rings. The second-order valence-electron chi connectivity index (χ2n) is 4.36. The number of furan rings is 1. The second kappa shape index (κ2) is 5.57. The number of hydrogen-bond donors (Lipinski definition) is 2. The minimum atomic E-state index is -0.886. The van der Waals surface area contributed by atoms with Gasteiger partial charge < -0.3 is 19.7 Å². The number of rotatable bonds is 6. The minimum absolute atomic E-state index is 0.0182. The van der Waals surface area contributed by atoms with E-state index in [4.69, 9.17) is 9.52 Å². The van der Waals surface area contributed by atoms with E-state index in [0.717, 1.165) is 18.4 Å². The van der Waals surface area contributed by atoms with Crippen LogP contribution >= 0.6 is 0 Å². The molecule has 0 aliphatic heterocycles. The van der Waals surface area contributed by atoms with Gasteiger partial charge in [-0.1, -0.05) is 0 Å². The lowest BCUT2D eigenvalue weighted by atomic mass is 10.3. The first-order valence-electron chi connectivity index (χ1n) is 5.94. The average molecular weight is 252 g/mol. The van der Waals surface area contributed by atoms with E-state index in [2.05, 4.69) is 5.32 Å². The van der Waals surface area contributed by atoms with Crippen LogP contribution in [0.15, 0.2) is 23.0 Å². The number of hydrogen-bond acceptors (Lipinski definition) is 3. The topological polar surface area (TPSA) is 82.8 Å². The quantitative estimate of drug-likeness (QED) is 0.802. The molecule has 1 aliphatic carbocycles. The minimum Gasteiger partial charge on any atom is -0.481 e. The van der Waals surface area contributed by atoms with Gasteiger partial charge in [0.25, 0.3) is 0 Å². The normalized spacial score (nSPS) is 14.2. The Morgan fingerprint density at radius 3 is 2.83 bits per heavy atom. The van der Waals surface area contributed by atoms with Gasteiger partial charge in [-0.05, 0) is 18.9 Å². The Morgan fingerprint density at radius 1 is 1.50 bits per heavy atom. The van der Waals surface area contributed by atoms with Gasteiger partial charge in [-0.3, -0.25) is 4.79 Å². The largest absolute Gasteiger partial charge is 0.481 e. The van der Waals surface area contributed by atoms with Gasteiger partial charge in [0, 0.05) is 24.7 Å². The van der Waals surface area contributed by atoms with Gasteiger partial charge in [0.2, 0.25) is 0 Å². The van der Waals surface area contributed by atoms with E-state index >= 15 is 0 Å². The lowest BCUT2D eigenvalue weighted by Gasteiger charge is -2.21. The first-order chi connectivity index (χ1) is 8.66. The molecule has 1 aromatic heterocycles. The average Bonchev–Trinajstić information content (AvgIpc) is 3.03. The number of carboxylic acids is 1. The molecule has 2 N–H and O–H groups in total. The molecule has 18 heavy (non-hydrogen) atoms. The molecule has 0 bridgehead atoms. The fourth-order valence-corrected chi connectivity index (χ4v) is 1.72. The summed E-state index contributed by atoms with van der Waals surface area (Å²) in [4.78, 5) is 24.1. The first kappa shape index (κ1) is 12.5. The Labute approximate surface area is 105 Å². The maximum absolute atomic E-state index is 11.9. The van der Waals surface area contributed by atoms with Crippen molar-refractivity contribution in [2.45, 2.75) is 31.8 Å². The molecule has 6 heteroatoms. The molecule has 0 saturated heterocycles. The molecule has 1 aromatic rings. The molecule has 98 valence electrons. The van der Waals surface area contributed by atoms with Crippen LogP contribution in [0.3, 0.4) is 0 Å². The molecule has 0 aromatic carbocycles. The highest BCUT2D eigenvalue weighted by Crippen LogP contribution is 2.26. The lowest BCUT2D eigenvalue weighted by molar-refractivity contribution is -0.137. The molecule has 0 spiro atoms. The number of amides is 2. The summed E-state index contributed by atoms with van der Waals surface area (Å²) in [5.41, 5.74) is 0.886. The van der Waals surface area contributed by atoms with Crippen LogP contribution in [0.5, 0.6) is 0 Å². The molecule has 2 rings (SSSR count). The van der Waals surface area contributed by atoms with Crippen molar-refractivity contribution in [3.8, 4) is 0 Å². The summed E-state index contributed by atoms with van der Waals surface area (Å²) < 4.78 is 4.90. The highest BCUT2D eigenvalue weighted by atomic mass is 16.4. The van der Waals surface area contributed by atoms with Crippen LogP contribution < -0.4 is 5.32 Å². The molecule has 0 unspecified atom stereocenters. The summed E-state index contributed by atoms with van der Waals surface area (Å²) in [6.45, 7) is 0.656. The van der Waals surface area contributed by atoms with Gasteiger partial charge in [-0.25, -0.2) is 4.79 Å². The molecule has 6 nitrogen and oxygen atoms in total. The van der Waals surface area contributed by atoms with Gasteiger partial charge in [0.15, 0.2) is 0 Å². The Balaban J connectivity index is 1.81. The number of carboxylic acid groups (broad SMARTS) is 1. The SMILES string of the molecule is O=C(O)CCN(C(=O)NCc1ccoc1)C1CC1. The van der Waals surface area contributed by atoms with E-state index in [9.17, 15) is 9.59 Å². The van der Waals surface area contributed by atoms with E-state index in [1.165, 1.54) is 0 Å². The summed E-state index contributed by atoms with van der Waals surface area (Å²) >= 11 is 0. The predicted molar refractivity (Wildman–Crippen MR) is 62.9 cm³/mol. The number of carbonyl (C=O) groups is 2. The molecular formula is C12H16N2O4. The van der Waals surface area contributed by atoms with Gasteiger partial charge in [-0.2, -0.15) is 0 Å². The number of urea groups is 1. The molecule has 0 radical (unpaired) electrons. The van der Waals surface area contributed by atoms with Crippen molar-refractivity contribution in [3.63, 3.8) is 0 Å². The Bertz CT molecular complexity index is 412. The Kier molecular flexibility index (Phi) is 3.86. The fourth-order valence-electron chi connectivity index (χ4n) is 1.72. The summed E-state index contributed by atoms with van der Waals surface area (Å²) in [6.07, 6.45) is 5.01. The molecule has 0 atom stereocenters. The highest BCUT2D eigenvalue weighted by molar-refractivity contribution is 5.76. The van der Waals surface area contributed by atoms with Crippen molar-refractivity contribution in [1.29, 1.82) is 0 Å². The molecule has 1 heterocycles. The van der Waals surface area contributed by atoms with Crippen LogP contribution in [0.2, 0.25) is 0 Å². The third-order valence-electron chi connectivity index (χ3n) is 2.84. The van der Waals surface area contributed by atoms with Crippen LogP contribution in [-0.4, -0.2) is 34.6 Å². The second-order valence-corrected chi connectivity index (χ2v) is 4.36. The van der Waals surface area contributed by atoms with Crippen LogP contribution in [0.4, 0.5) is 4.79 Å². The zero-order chi connectivity index (χ0) is 13.0. The monoisotopic (exact) mass is 252 g/mol. The van der Waals surface area contributed by atoms with Crippen molar-refractivity contribution < 1.29 is 19.1 Å². The van der Waals surface area contributed by atoms with E-state index < -0.39 is 5.97 Å². The smallest absolute Gasteiger partial charge is 0.317 e. The van der Waals surface area contributed by atoms with Crippen molar-refractivity contribution in [3.05, 3.63) is 24.2 Å². The maximum Gasteiger partial charge on any atom is 0.317 e. The van der Waals surface area contributed by atoms with Gasteiger partial charge in [0.1, 0.15) is 0 Å². The summed E-state index contributed by atoms with van der Waals surface area (Å²) in [5.74, 6) is -0.886. The van der Waals surface area contributed by atoms with Gasteiger partial charge in [-0.15, -0.1) is 0 Å². The lowest BCUT2D eigenvalue weighted by Crippen LogP contribution is -2.42. The molecule has 1 saturated carbocycles. The third kappa shape index (κ3) is 3.51. The molecule has 1 fully saturated rings. The van der Waals surface area contributed by atoms with Crippen molar-refractivity contribution in [2.75, 3.05) is 6.54 Å². The van der Waals surface area contributed by atoms with Crippen LogP contribution in [0.1, 0.15) is 24.8 Å². The summed E-state index contributed by atoms with van der Waals surface area (Å²) in [6, 6.07) is 1.77. The number of aliphatic carboxylic acids is 1. The number of nitrogens with one attached hydrogen (secondary N) is 1. The Hall–Kier alpha value is -1.98. The standard InChI is InChI=1S/C12H16N2O4/c15-11(16)3-5-14(10-1-2-10)12(17)13-7-9-4-6-18-8-9/h4,6,8,10H,1-3,5,7H2,(H,13,17)(H,15,16). The van der Waals surface area contributed by atoms with Crippen LogP contribution in [-0.2, 0) is 11.3 Å². The van der Waals surface area contributed by atoms with E-state index in [0.29, 0.717) is 6.54 Å². The van der Waals surface area contributed by atoms with Crippen LogP contribution in [0, 0.1) is 0 Å². The third-order valence-corrected chi connectivity index (χ3v) is 2.84. The van der Waals surface area contributed by atoms with Gasteiger partial charge in [0.05, 0.1) is 18.9 Å². The first-order valence-corrected chi connectivity index (χ1v) is 5.94. The highest BCUT2D eigenvalue weighted by Gasteiger charge is 2.32. The molecule has 2 amide bonds. The van der Waals surface area contributed by atoms with E-state index in [1.807, 2.05) is 0 Å². The van der Waals surface area contributed by atoms with Crippen LogP contribution in [0.25, 0.3) is 0 Å². The van der Waals surface area contributed by atoms with Crippen molar-refractivity contribution >= 4 is 12.0 Å². The Morgan fingerprint density at radius 2 is 2.28 bits per heavy atom. The van der Waals surface area contributed by atoms with E-state index in [1.54, 1.807) is 23.5 Å².